The molecular formula is C24H29F3N2O4S. The van der Waals surface area contributed by atoms with E-state index >= 15 is 0 Å². The first kappa shape index (κ1) is 26.0. The summed E-state index contributed by atoms with van der Waals surface area (Å²) in [5.41, 5.74) is -0.0544. The molecule has 1 aliphatic heterocycles. The van der Waals surface area contributed by atoms with Gasteiger partial charge in [0.2, 0.25) is 15.9 Å². The maximum absolute atomic E-state index is 13.2. The highest BCUT2D eigenvalue weighted by atomic mass is 32.2. The molecule has 0 bridgehead atoms. The Kier molecular flexibility index (Phi) is 8.25. The number of rotatable bonds is 8. The highest BCUT2D eigenvalue weighted by Gasteiger charge is 2.38. The lowest BCUT2D eigenvalue weighted by Gasteiger charge is -2.33. The fraction of sp³-hybridized carbons (Fsp3) is 0.458. The van der Waals surface area contributed by atoms with Gasteiger partial charge in [-0.2, -0.15) is 17.9 Å². The van der Waals surface area contributed by atoms with E-state index < -0.39 is 38.6 Å². The summed E-state index contributed by atoms with van der Waals surface area (Å²) in [6.07, 6.45) is -1.36. The number of halogens is 3. The van der Waals surface area contributed by atoms with Crippen molar-refractivity contribution in [3.8, 4) is 5.75 Å². The van der Waals surface area contributed by atoms with Crippen molar-refractivity contribution in [3.63, 3.8) is 0 Å². The first-order valence-electron chi connectivity index (χ1n) is 11.1. The Hall–Kier alpha value is -2.59. The minimum Gasteiger partial charge on any atom is -0.497 e. The van der Waals surface area contributed by atoms with Crippen molar-refractivity contribution in [1.29, 1.82) is 0 Å². The molecule has 1 fully saturated rings. The van der Waals surface area contributed by atoms with Crippen molar-refractivity contribution in [2.75, 3.05) is 20.2 Å². The van der Waals surface area contributed by atoms with Gasteiger partial charge in [-0.25, -0.2) is 8.42 Å². The fourth-order valence-corrected chi connectivity index (χ4v) is 5.58. The number of hydrogen-bond donors (Lipinski definition) is 1. The molecule has 1 unspecified atom stereocenters. The van der Waals surface area contributed by atoms with Crippen LogP contribution in [0.25, 0.3) is 0 Å². The zero-order chi connectivity index (χ0) is 24.9. The van der Waals surface area contributed by atoms with Crippen LogP contribution in [0.4, 0.5) is 13.2 Å². The first-order chi connectivity index (χ1) is 16.0. The number of benzene rings is 2. The van der Waals surface area contributed by atoms with E-state index in [9.17, 15) is 26.4 Å². The number of amides is 1. The molecule has 1 saturated heterocycles. The summed E-state index contributed by atoms with van der Waals surface area (Å²) in [5, 5.41) is 0. The van der Waals surface area contributed by atoms with Crippen molar-refractivity contribution in [2.45, 2.75) is 49.7 Å². The lowest BCUT2D eigenvalue weighted by molar-refractivity contribution is -0.139. The van der Waals surface area contributed by atoms with Gasteiger partial charge in [-0.1, -0.05) is 24.3 Å². The number of likely N-dealkylation sites (tertiary alicyclic amines) is 1. The number of sulfonamides is 1. The third kappa shape index (κ3) is 6.50. The van der Waals surface area contributed by atoms with E-state index in [0.29, 0.717) is 25.1 Å². The van der Waals surface area contributed by atoms with Crippen LogP contribution in [0.15, 0.2) is 53.4 Å². The zero-order valence-electron chi connectivity index (χ0n) is 19.1. The Labute approximate surface area is 198 Å². The summed E-state index contributed by atoms with van der Waals surface area (Å²) in [6.45, 7) is 2.32. The van der Waals surface area contributed by atoms with Crippen LogP contribution in [0.3, 0.4) is 0 Å². The molecule has 0 aliphatic carbocycles. The van der Waals surface area contributed by atoms with E-state index in [-0.39, 0.29) is 0 Å². The third-order valence-corrected chi connectivity index (χ3v) is 7.71. The smallest absolute Gasteiger partial charge is 0.417 e. The van der Waals surface area contributed by atoms with Crippen LogP contribution in [0.2, 0.25) is 0 Å². The second kappa shape index (κ2) is 10.8. The molecule has 3 rings (SSSR count). The van der Waals surface area contributed by atoms with Crippen molar-refractivity contribution in [2.24, 2.45) is 5.92 Å². The molecule has 0 aromatic heterocycles. The standard InChI is InChI=1S/C24H29F3N2O4S/c1-17(28-34(31,32)22-6-4-3-5-21(22)24(25,26)27)23(30)29-15-13-19(14-16-29)8-7-18-9-11-20(33-2)12-10-18/h3-6,9-12,17,19,28H,7-8,13-16H2,1-2H3. The van der Waals surface area contributed by atoms with E-state index in [2.05, 4.69) is 4.72 Å². The van der Waals surface area contributed by atoms with Gasteiger partial charge in [0, 0.05) is 13.1 Å². The predicted molar refractivity (Wildman–Crippen MR) is 122 cm³/mol. The van der Waals surface area contributed by atoms with Gasteiger partial charge in [-0.15, -0.1) is 0 Å². The number of piperidine rings is 1. The summed E-state index contributed by atoms with van der Waals surface area (Å²) in [5.74, 6) is 0.806. The Morgan fingerprint density at radius 2 is 1.74 bits per heavy atom. The number of nitrogens with one attached hydrogen (secondary N) is 1. The van der Waals surface area contributed by atoms with Crippen LogP contribution >= 0.6 is 0 Å². The molecular weight excluding hydrogens is 469 g/mol. The number of ether oxygens (including phenoxy) is 1. The third-order valence-electron chi connectivity index (χ3n) is 6.11. The molecule has 1 atom stereocenters. The Balaban J connectivity index is 1.54. The number of carbonyl (C=O) groups excluding carboxylic acids is 1. The quantitative estimate of drug-likeness (QED) is 0.591. The van der Waals surface area contributed by atoms with Gasteiger partial charge in [-0.3, -0.25) is 4.79 Å². The van der Waals surface area contributed by atoms with Crippen LogP contribution < -0.4 is 9.46 Å². The van der Waals surface area contributed by atoms with Crippen LogP contribution in [0, 0.1) is 5.92 Å². The zero-order valence-corrected chi connectivity index (χ0v) is 20.0. The van der Waals surface area contributed by atoms with E-state index in [1.807, 2.05) is 24.3 Å². The van der Waals surface area contributed by atoms with E-state index in [1.165, 1.54) is 18.6 Å². The van der Waals surface area contributed by atoms with Crippen LogP contribution in [-0.2, 0) is 27.4 Å². The molecule has 10 heteroatoms. The monoisotopic (exact) mass is 498 g/mol. The summed E-state index contributed by atoms with van der Waals surface area (Å²) in [6, 6.07) is 10.7. The molecule has 0 radical (unpaired) electrons. The Morgan fingerprint density at radius 1 is 1.12 bits per heavy atom. The number of aryl methyl sites for hydroxylation is 1. The predicted octanol–water partition coefficient (Wildman–Crippen LogP) is 4.25. The largest absolute Gasteiger partial charge is 0.497 e. The second-order valence-corrected chi connectivity index (χ2v) is 10.2. The molecule has 2 aromatic carbocycles. The summed E-state index contributed by atoms with van der Waals surface area (Å²) < 4.78 is 72.2. The molecule has 6 nitrogen and oxygen atoms in total. The van der Waals surface area contributed by atoms with Gasteiger partial charge < -0.3 is 9.64 Å². The minimum absolute atomic E-state index is 0.441. The molecule has 0 spiro atoms. The Bertz CT molecular complexity index is 1080. The average Bonchev–Trinajstić information content (AvgIpc) is 2.82. The molecule has 1 aliphatic rings. The van der Waals surface area contributed by atoms with Crippen molar-refractivity contribution < 1.29 is 31.1 Å². The fourth-order valence-electron chi connectivity index (χ4n) is 4.16. The SMILES string of the molecule is COc1ccc(CCC2CCN(C(=O)C(C)NS(=O)(=O)c3ccccc3C(F)(F)F)CC2)cc1. The normalized spacial score (nSPS) is 16.3. The highest BCUT2D eigenvalue weighted by molar-refractivity contribution is 7.89. The molecule has 1 heterocycles. The van der Waals surface area contributed by atoms with Crippen LogP contribution in [-0.4, -0.2) is 45.5 Å². The highest BCUT2D eigenvalue weighted by Crippen LogP contribution is 2.34. The van der Waals surface area contributed by atoms with Crippen LogP contribution in [0.5, 0.6) is 5.75 Å². The number of nitrogens with zero attached hydrogens (tertiary/aromatic N) is 1. The van der Waals surface area contributed by atoms with Gasteiger partial charge in [0.25, 0.3) is 0 Å². The summed E-state index contributed by atoms with van der Waals surface area (Å²) in [7, 11) is -2.92. The maximum atomic E-state index is 13.2. The van der Waals surface area contributed by atoms with Gasteiger partial charge in [-0.05, 0) is 68.4 Å². The molecule has 2 aromatic rings. The molecule has 34 heavy (non-hydrogen) atoms. The van der Waals surface area contributed by atoms with Crippen molar-refractivity contribution in [1.82, 2.24) is 9.62 Å². The summed E-state index contributed by atoms with van der Waals surface area (Å²) in [4.78, 5) is 13.5. The lowest BCUT2D eigenvalue weighted by Crippen LogP contribution is -2.49. The van der Waals surface area contributed by atoms with Gasteiger partial charge >= 0.3 is 6.18 Å². The average molecular weight is 499 g/mol. The Morgan fingerprint density at radius 3 is 2.32 bits per heavy atom. The molecule has 1 amide bonds. The van der Waals surface area contributed by atoms with E-state index in [0.717, 1.165) is 43.6 Å². The maximum Gasteiger partial charge on any atom is 0.417 e. The van der Waals surface area contributed by atoms with Gasteiger partial charge in [0.1, 0.15) is 5.75 Å². The lowest BCUT2D eigenvalue weighted by atomic mass is 9.90. The van der Waals surface area contributed by atoms with E-state index in [4.69, 9.17) is 4.74 Å². The van der Waals surface area contributed by atoms with Gasteiger partial charge in [0.05, 0.1) is 23.6 Å². The minimum atomic E-state index is -4.83. The number of carbonyl (C=O) groups is 1. The number of alkyl halides is 3. The molecule has 0 saturated carbocycles. The second-order valence-electron chi connectivity index (χ2n) is 8.49. The van der Waals surface area contributed by atoms with Gasteiger partial charge in [0.15, 0.2) is 0 Å². The number of hydrogen-bond acceptors (Lipinski definition) is 4. The first-order valence-corrected chi connectivity index (χ1v) is 12.6. The number of methoxy groups -OCH3 is 1. The van der Waals surface area contributed by atoms with Crippen molar-refractivity contribution in [3.05, 3.63) is 59.7 Å². The van der Waals surface area contributed by atoms with Crippen LogP contribution in [0.1, 0.15) is 37.3 Å². The summed E-state index contributed by atoms with van der Waals surface area (Å²) >= 11 is 0. The van der Waals surface area contributed by atoms with Crippen molar-refractivity contribution >= 4 is 15.9 Å². The van der Waals surface area contributed by atoms with E-state index in [1.54, 1.807) is 12.0 Å². The topological polar surface area (TPSA) is 75.7 Å². The molecule has 186 valence electrons. The molecule has 1 N–H and O–H groups in total.